The number of benzene rings is 13. The highest BCUT2D eigenvalue weighted by atomic mass is 16.3. The summed E-state index contributed by atoms with van der Waals surface area (Å²) in [6.07, 6.45) is 9.95. The molecule has 0 radical (unpaired) electrons. The second kappa shape index (κ2) is 17.1. The van der Waals surface area contributed by atoms with E-state index in [9.17, 15) is 0 Å². The zero-order valence-corrected chi connectivity index (χ0v) is 43.1. The Morgan fingerprint density at radius 1 is 0.316 bits per heavy atom. The number of para-hydroxylation sites is 3. The minimum atomic E-state index is 0.239. The molecule has 13 aromatic carbocycles. The molecule has 79 heavy (non-hydrogen) atoms. The zero-order valence-electron chi connectivity index (χ0n) is 43.1. The molecule has 1 atom stereocenters. The van der Waals surface area contributed by atoms with Crippen molar-refractivity contribution in [2.75, 3.05) is 0 Å². The molecule has 0 saturated heterocycles. The van der Waals surface area contributed by atoms with Crippen LogP contribution in [-0.4, -0.2) is 9.13 Å². The van der Waals surface area contributed by atoms with E-state index in [2.05, 4.69) is 282 Å². The third-order valence-corrected chi connectivity index (χ3v) is 17.2. The second-order valence-electron chi connectivity index (χ2n) is 21.3. The summed E-state index contributed by atoms with van der Waals surface area (Å²) in [6.45, 7) is 0. The van der Waals surface area contributed by atoms with E-state index in [1.165, 1.54) is 120 Å². The first-order valence-corrected chi connectivity index (χ1v) is 27.5. The molecule has 0 bridgehead atoms. The lowest BCUT2D eigenvalue weighted by molar-refractivity contribution is 0.648. The van der Waals surface area contributed by atoms with Gasteiger partial charge in [-0.05, 0) is 149 Å². The summed E-state index contributed by atoms with van der Waals surface area (Å²) in [5, 5.41) is 17.0. The predicted molar refractivity (Wildman–Crippen MR) is 335 cm³/mol. The van der Waals surface area contributed by atoms with Crippen LogP contribution >= 0.6 is 0 Å². The Morgan fingerprint density at radius 3 is 1.37 bits per heavy atom. The number of allylic oxidation sites excluding steroid dienone is 4. The maximum Gasteiger partial charge on any atom is 0.136 e. The number of fused-ring (bicyclic) bond motifs is 13. The van der Waals surface area contributed by atoms with Crippen LogP contribution in [0.3, 0.4) is 0 Å². The molecular formula is C76H48N2O. The van der Waals surface area contributed by atoms with Crippen molar-refractivity contribution in [3.05, 3.63) is 273 Å². The van der Waals surface area contributed by atoms with Gasteiger partial charge in [-0.2, -0.15) is 0 Å². The van der Waals surface area contributed by atoms with Gasteiger partial charge in [0, 0.05) is 43.5 Å². The van der Waals surface area contributed by atoms with Crippen LogP contribution in [0.1, 0.15) is 12.5 Å². The highest BCUT2D eigenvalue weighted by Gasteiger charge is 2.25. The molecule has 3 heterocycles. The van der Waals surface area contributed by atoms with Crippen LogP contribution in [0.25, 0.3) is 159 Å². The predicted octanol–water partition coefficient (Wildman–Crippen LogP) is 21.1. The number of rotatable bonds is 6. The van der Waals surface area contributed by atoms with Crippen LogP contribution in [0.15, 0.2) is 277 Å². The highest BCUT2D eigenvalue weighted by Crippen LogP contribution is 2.50. The summed E-state index contributed by atoms with van der Waals surface area (Å²) >= 11 is 0. The van der Waals surface area contributed by atoms with Crippen molar-refractivity contribution < 1.29 is 4.42 Å². The summed E-state index contributed by atoms with van der Waals surface area (Å²) in [5.74, 6) is 0. The van der Waals surface area contributed by atoms with Crippen LogP contribution in [0, 0.1) is 0 Å². The van der Waals surface area contributed by atoms with Gasteiger partial charge in [0.05, 0.1) is 22.6 Å². The maximum atomic E-state index is 6.89. The fourth-order valence-electron chi connectivity index (χ4n) is 13.9. The summed E-state index contributed by atoms with van der Waals surface area (Å²) in [4.78, 5) is 0. The van der Waals surface area contributed by atoms with E-state index in [1.807, 2.05) is 0 Å². The normalized spacial score (nSPS) is 13.8. The van der Waals surface area contributed by atoms with E-state index in [0.717, 1.165) is 45.2 Å². The molecule has 0 N–H and O–H groups in total. The largest absolute Gasteiger partial charge is 0.456 e. The van der Waals surface area contributed by atoms with Gasteiger partial charge in [-0.1, -0.05) is 218 Å². The quantitative estimate of drug-likeness (QED) is 0.152. The molecule has 16 aromatic rings. The molecule has 0 fully saturated rings. The fourth-order valence-corrected chi connectivity index (χ4v) is 13.9. The minimum absolute atomic E-state index is 0.239. The van der Waals surface area contributed by atoms with Gasteiger partial charge in [0.1, 0.15) is 11.2 Å². The Labute approximate surface area is 455 Å². The monoisotopic (exact) mass is 1000 g/mol. The van der Waals surface area contributed by atoms with E-state index in [-0.39, 0.29) is 6.04 Å². The third-order valence-electron chi connectivity index (χ3n) is 17.2. The van der Waals surface area contributed by atoms with Crippen molar-refractivity contribution in [2.24, 2.45) is 0 Å². The Bertz CT molecular complexity index is 5180. The lowest BCUT2D eigenvalue weighted by atomic mass is 9.84. The third kappa shape index (κ3) is 6.48. The molecule has 0 saturated carbocycles. The lowest BCUT2D eigenvalue weighted by Crippen LogP contribution is -2.06. The van der Waals surface area contributed by atoms with Gasteiger partial charge in [-0.3, -0.25) is 0 Å². The SMILES string of the molecule is C1=CCC(n2c3ccccc3c3ccc(-c4c5ccccc5c(-c5cccc6oc7ccc(-c8c9ccccc9c(-c9ccc%10c%11ccccc%11n(-c%11ccccc%11)c%10c9)c9ccccc89)cc7c56)c5ccccc45)cc32)C=C1. The summed E-state index contributed by atoms with van der Waals surface area (Å²) < 4.78 is 11.9. The number of hydrogen-bond acceptors (Lipinski definition) is 1. The molecule has 3 aromatic heterocycles. The van der Waals surface area contributed by atoms with E-state index < -0.39 is 0 Å². The van der Waals surface area contributed by atoms with E-state index in [4.69, 9.17) is 4.42 Å². The van der Waals surface area contributed by atoms with Gasteiger partial charge in [0.2, 0.25) is 0 Å². The first-order chi connectivity index (χ1) is 39.2. The van der Waals surface area contributed by atoms with Gasteiger partial charge in [0.15, 0.2) is 0 Å². The molecule has 0 aliphatic heterocycles. The smallest absolute Gasteiger partial charge is 0.136 e. The zero-order chi connectivity index (χ0) is 51.7. The molecule has 17 rings (SSSR count). The van der Waals surface area contributed by atoms with Crippen LogP contribution in [0.4, 0.5) is 0 Å². The maximum absolute atomic E-state index is 6.89. The van der Waals surface area contributed by atoms with Crippen molar-refractivity contribution in [1.82, 2.24) is 9.13 Å². The number of hydrogen-bond donors (Lipinski definition) is 0. The molecule has 3 nitrogen and oxygen atoms in total. The summed E-state index contributed by atoms with van der Waals surface area (Å²) in [7, 11) is 0. The van der Waals surface area contributed by atoms with Gasteiger partial charge in [-0.25, -0.2) is 0 Å². The molecule has 368 valence electrons. The standard InChI is InChI=1S/C76H48N2O/c1-3-20-50(21-4-1)77-66-35-17-15-24-52(66)54-41-38-48(45-68(54)77)73-58-28-9-7-26-56(58)72(57-27-8-10-29-59(57)73)47-40-43-70-65(44-47)76-64(34-19-37-71(76)79-70)75-62-32-13-11-30-60(62)74(61-31-12-14-33-63(61)75)49-39-42-55-53-25-16-18-36-67(53)78(69(55)46-49)51-22-5-2-6-23-51/h1-22,24-46,51H,23H2. The first kappa shape index (κ1) is 44.0. The molecule has 1 unspecified atom stereocenters. The molecule has 1 aliphatic rings. The van der Waals surface area contributed by atoms with Crippen molar-refractivity contribution >= 4 is 109 Å². The van der Waals surface area contributed by atoms with Crippen molar-refractivity contribution in [3.63, 3.8) is 0 Å². The number of furan rings is 1. The molecule has 0 spiro atoms. The van der Waals surface area contributed by atoms with Gasteiger partial charge in [0.25, 0.3) is 0 Å². The van der Waals surface area contributed by atoms with Crippen LogP contribution < -0.4 is 0 Å². The molecule has 0 amide bonds. The first-order valence-electron chi connectivity index (χ1n) is 27.5. The topological polar surface area (TPSA) is 23.0 Å². The van der Waals surface area contributed by atoms with Gasteiger partial charge in [-0.15, -0.1) is 0 Å². The van der Waals surface area contributed by atoms with E-state index >= 15 is 0 Å². The fraction of sp³-hybridized carbons (Fsp3) is 0.0263. The highest BCUT2D eigenvalue weighted by molar-refractivity contribution is 6.28. The van der Waals surface area contributed by atoms with Gasteiger partial charge >= 0.3 is 0 Å². The average Bonchev–Trinajstić information content (AvgIpc) is 4.32. The van der Waals surface area contributed by atoms with Gasteiger partial charge < -0.3 is 13.6 Å². The Morgan fingerprint density at radius 2 is 0.785 bits per heavy atom. The summed E-state index contributed by atoms with van der Waals surface area (Å²) in [5.41, 5.74) is 17.5. The Hall–Kier alpha value is -10.2. The van der Waals surface area contributed by atoms with Crippen molar-refractivity contribution in [1.29, 1.82) is 0 Å². The van der Waals surface area contributed by atoms with Crippen molar-refractivity contribution in [3.8, 4) is 50.2 Å². The van der Waals surface area contributed by atoms with Crippen LogP contribution in [0.5, 0.6) is 0 Å². The van der Waals surface area contributed by atoms with E-state index in [1.54, 1.807) is 0 Å². The molecule has 1 aliphatic carbocycles. The van der Waals surface area contributed by atoms with Crippen molar-refractivity contribution in [2.45, 2.75) is 12.5 Å². The Kier molecular flexibility index (Phi) is 9.54. The molecular weight excluding hydrogens is 957 g/mol. The molecule has 3 heteroatoms. The number of aromatic nitrogens is 2. The van der Waals surface area contributed by atoms with Crippen LogP contribution in [-0.2, 0) is 0 Å². The van der Waals surface area contributed by atoms with E-state index in [0.29, 0.717) is 0 Å². The average molecular weight is 1010 g/mol. The summed E-state index contributed by atoms with van der Waals surface area (Å²) in [6, 6.07) is 92.4. The van der Waals surface area contributed by atoms with Crippen LogP contribution in [0.2, 0.25) is 0 Å². The lowest BCUT2D eigenvalue weighted by Gasteiger charge is -2.20. The minimum Gasteiger partial charge on any atom is -0.456 e. The number of nitrogens with zero attached hydrogens (tertiary/aromatic N) is 2. The second-order valence-corrected chi connectivity index (χ2v) is 21.3. The Balaban J connectivity index is 0.872.